The van der Waals surface area contributed by atoms with Crippen LogP contribution in [-0.2, 0) is 9.59 Å². The van der Waals surface area contributed by atoms with Gasteiger partial charge in [-0.25, -0.2) is 0 Å². The summed E-state index contributed by atoms with van der Waals surface area (Å²) < 4.78 is 5.69. The molecule has 1 fully saturated rings. The summed E-state index contributed by atoms with van der Waals surface area (Å²) >= 11 is 8.06. The molecule has 1 aromatic heterocycles. The molecule has 0 bridgehead atoms. The number of benzene rings is 2. The van der Waals surface area contributed by atoms with Crippen LogP contribution in [0, 0.1) is 10.1 Å². The number of imide groups is 1. The molecule has 2 heterocycles. The van der Waals surface area contributed by atoms with E-state index >= 15 is 0 Å². The highest BCUT2D eigenvalue weighted by atomic mass is 35.5. The first-order valence-corrected chi connectivity index (χ1v) is 12.4. The normalized spacial score (nSPS) is 14.6. The zero-order valence-electron chi connectivity index (χ0n) is 18.0. The van der Waals surface area contributed by atoms with Crippen molar-refractivity contribution in [2.45, 2.75) is 4.90 Å². The number of carbonyl (C=O) groups is 3. The number of nitrogens with one attached hydrogen (secondary N) is 1. The van der Waals surface area contributed by atoms with Crippen molar-refractivity contribution in [3.8, 4) is 11.3 Å². The van der Waals surface area contributed by atoms with E-state index in [1.54, 1.807) is 36.4 Å². The lowest BCUT2D eigenvalue weighted by Crippen LogP contribution is -2.36. The molecule has 0 saturated carbocycles. The lowest BCUT2D eigenvalue weighted by atomic mass is 10.1. The summed E-state index contributed by atoms with van der Waals surface area (Å²) in [4.78, 5) is 50.0. The predicted molar refractivity (Wildman–Crippen MR) is 135 cm³/mol. The minimum absolute atomic E-state index is 0.000183. The minimum Gasteiger partial charge on any atom is -0.457 e. The third kappa shape index (κ3) is 5.59. The van der Waals surface area contributed by atoms with Crippen molar-refractivity contribution in [3.63, 3.8) is 0 Å². The Labute approximate surface area is 212 Å². The number of nitro benzene ring substituents is 1. The van der Waals surface area contributed by atoms with Crippen LogP contribution in [0.3, 0.4) is 0 Å². The minimum atomic E-state index is -0.618. The first kappa shape index (κ1) is 24.6. The van der Waals surface area contributed by atoms with Gasteiger partial charge in [-0.1, -0.05) is 17.7 Å². The summed E-state index contributed by atoms with van der Waals surface area (Å²) in [7, 11) is 0. The Kier molecular flexibility index (Phi) is 7.29. The van der Waals surface area contributed by atoms with Crippen LogP contribution in [0.4, 0.5) is 16.2 Å². The molecule has 1 saturated heterocycles. The third-order valence-corrected chi connectivity index (χ3v) is 6.81. The van der Waals surface area contributed by atoms with E-state index in [0.717, 1.165) is 9.80 Å². The number of rotatable bonds is 7. The first-order valence-electron chi connectivity index (χ1n) is 9.98. The van der Waals surface area contributed by atoms with Crippen LogP contribution >= 0.6 is 35.1 Å². The van der Waals surface area contributed by atoms with Gasteiger partial charge in [-0.2, -0.15) is 0 Å². The lowest BCUT2D eigenvalue weighted by molar-refractivity contribution is -0.384. The summed E-state index contributed by atoms with van der Waals surface area (Å²) in [6.45, 7) is -0.427. The van der Waals surface area contributed by atoms with Gasteiger partial charge in [0.2, 0.25) is 5.91 Å². The monoisotopic (exact) mass is 529 g/mol. The molecule has 35 heavy (non-hydrogen) atoms. The topological polar surface area (TPSA) is 123 Å². The standard InChI is InChI=1S/C23H16ClN3O6S2/c1-34-16-4-2-3-14(10-16)25-21(28)12-26-22(29)20(35-23(26)30)11-15-6-8-19(33-15)13-5-7-17(24)18(9-13)27(31)32/h2-11H,12H2,1H3,(H,25,28)/b20-11+. The Morgan fingerprint density at radius 1 is 1.23 bits per heavy atom. The van der Waals surface area contributed by atoms with Gasteiger partial charge < -0.3 is 9.73 Å². The highest BCUT2D eigenvalue weighted by Crippen LogP contribution is 2.35. The molecule has 0 spiro atoms. The van der Waals surface area contributed by atoms with Crippen molar-refractivity contribution in [1.82, 2.24) is 4.90 Å². The van der Waals surface area contributed by atoms with Crippen molar-refractivity contribution in [1.29, 1.82) is 0 Å². The van der Waals surface area contributed by atoms with Gasteiger partial charge in [-0.3, -0.25) is 29.4 Å². The SMILES string of the molecule is CSc1cccc(NC(=O)CN2C(=O)S/C(=C/c3ccc(-c4ccc(Cl)c([N+](=O)[O-])c4)o3)C2=O)c1. The Morgan fingerprint density at radius 2 is 2.03 bits per heavy atom. The van der Waals surface area contributed by atoms with Crippen LogP contribution in [0.25, 0.3) is 17.4 Å². The second-order valence-electron chi connectivity index (χ2n) is 7.17. The number of nitro groups is 1. The second-order valence-corrected chi connectivity index (χ2v) is 9.45. The number of amides is 3. The maximum atomic E-state index is 12.7. The Hall–Kier alpha value is -3.54. The number of carbonyl (C=O) groups excluding carboxylic acids is 3. The van der Waals surface area contributed by atoms with Gasteiger partial charge in [-0.05, 0) is 60.5 Å². The first-order chi connectivity index (χ1) is 16.7. The number of nitrogens with zero attached hydrogens (tertiary/aromatic N) is 2. The number of furan rings is 1. The van der Waals surface area contributed by atoms with E-state index in [1.165, 1.54) is 30.0 Å². The van der Waals surface area contributed by atoms with Crippen molar-refractivity contribution < 1.29 is 23.7 Å². The summed E-state index contributed by atoms with van der Waals surface area (Å²) in [5.74, 6) is -0.534. The van der Waals surface area contributed by atoms with Gasteiger partial charge in [0.05, 0.1) is 9.83 Å². The highest BCUT2D eigenvalue weighted by Gasteiger charge is 2.36. The van der Waals surface area contributed by atoms with Crippen LogP contribution < -0.4 is 5.32 Å². The lowest BCUT2D eigenvalue weighted by Gasteiger charge is -2.12. The zero-order chi connectivity index (χ0) is 25.1. The van der Waals surface area contributed by atoms with Crippen molar-refractivity contribution in [2.24, 2.45) is 0 Å². The van der Waals surface area contributed by atoms with Gasteiger partial charge in [-0.15, -0.1) is 11.8 Å². The summed E-state index contributed by atoms with van der Waals surface area (Å²) in [5, 5.41) is 13.2. The molecule has 1 aliphatic heterocycles. The van der Waals surface area contributed by atoms with E-state index in [-0.39, 0.29) is 21.4 Å². The summed E-state index contributed by atoms with van der Waals surface area (Å²) in [5.41, 5.74) is 0.729. The largest absolute Gasteiger partial charge is 0.457 e. The summed E-state index contributed by atoms with van der Waals surface area (Å²) in [6.07, 6.45) is 3.30. The molecular weight excluding hydrogens is 514 g/mol. The fourth-order valence-electron chi connectivity index (χ4n) is 3.20. The number of halogens is 1. The molecule has 0 atom stereocenters. The molecule has 1 aliphatic rings. The van der Waals surface area contributed by atoms with Crippen molar-refractivity contribution in [3.05, 3.63) is 80.4 Å². The van der Waals surface area contributed by atoms with E-state index in [1.807, 2.05) is 12.3 Å². The molecule has 4 rings (SSSR count). The van der Waals surface area contributed by atoms with Gasteiger partial charge in [0, 0.05) is 28.3 Å². The van der Waals surface area contributed by atoms with Crippen molar-refractivity contribution in [2.75, 3.05) is 18.1 Å². The molecule has 178 valence electrons. The molecule has 3 aromatic rings. The van der Waals surface area contributed by atoms with E-state index in [9.17, 15) is 24.5 Å². The van der Waals surface area contributed by atoms with Crippen LogP contribution in [0.15, 0.2) is 68.8 Å². The average molecular weight is 530 g/mol. The Morgan fingerprint density at radius 3 is 2.77 bits per heavy atom. The van der Waals surface area contributed by atoms with E-state index in [2.05, 4.69) is 5.32 Å². The average Bonchev–Trinajstić information content (AvgIpc) is 3.39. The maximum Gasteiger partial charge on any atom is 0.294 e. The fourth-order valence-corrected chi connectivity index (χ4v) is 4.67. The zero-order valence-corrected chi connectivity index (χ0v) is 20.4. The van der Waals surface area contributed by atoms with Crippen LogP contribution in [0.5, 0.6) is 0 Å². The highest BCUT2D eigenvalue weighted by molar-refractivity contribution is 8.18. The van der Waals surface area contributed by atoms with Gasteiger partial charge in [0.15, 0.2) is 0 Å². The molecule has 0 unspecified atom stereocenters. The quantitative estimate of drug-likeness (QED) is 0.173. The Balaban J connectivity index is 1.46. The third-order valence-electron chi connectivity index (χ3n) is 4.86. The van der Waals surface area contributed by atoms with Crippen molar-refractivity contribution >= 4 is 69.6 Å². The maximum absolute atomic E-state index is 12.7. The fraction of sp³-hybridized carbons (Fsp3) is 0.0870. The number of anilines is 1. The molecule has 12 heteroatoms. The second kappa shape index (κ2) is 10.4. The smallest absolute Gasteiger partial charge is 0.294 e. The van der Waals surface area contributed by atoms with Crippen LogP contribution in [-0.4, -0.2) is 39.7 Å². The summed E-state index contributed by atoms with van der Waals surface area (Å²) in [6, 6.07) is 14.6. The molecule has 0 radical (unpaired) electrons. The van der Waals surface area contributed by atoms with E-state index < -0.39 is 28.5 Å². The molecule has 1 N–H and O–H groups in total. The molecule has 3 amide bonds. The van der Waals surface area contributed by atoms with E-state index in [0.29, 0.717) is 28.8 Å². The molecule has 0 aliphatic carbocycles. The number of thioether (sulfide) groups is 2. The predicted octanol–water partition coefficient (Wildman–Crippen LogP) is 5.91. The number of hydrogen-bond donors (Lipinski definition) is 1. The van der Waals surface area contributed by atoms with Gasteiger partial charge >= 0.3 is 0 Å². The Bertz CT molecular complexity index is 1390. The van der Waals surface area contributed by atoms with E-state index in [4.69, 9.17) is 16.0 Å². The number of hydrogen-bond acceptors (Lipinski definition) is 8. The molecule has 2 aromatic carbocycles. The van der Waals surface area contributed by atoms with Gasteiger partial charge in [0.25, 0.3) is 16.8 Å². The van der Waals surface area contributed by atoms with Crippen LogP contribution in [0.1, 0.15) is 5.76 Å². The molecule has 9 nitrogen and oxygen atoms in total. The van der Waals surface area contributed by atoms with Gasteiger partial charge in [0.1, 0.15) is 23.1 Å². The molecular formula is C23H16ClN3O6S2. The van der Waals surface area contributed by atoms with Crippen LogP contribution in [0.2, 0.25) is 5.02 Å².